The van der Waals surface area contributed by atoms with E-state index in [0.29, 0.717) is 33.3 Å². The van der Waals surface area contributed by atoms with Crippen LogP contribution in [0.5, 0.6) is 11.5 Å². The number of hydrogen-bond acceptors (Lipinski definition) is 6. The Labute approximate surface area is 171 Å². The van der Waals surface area contributed by atoms with Gasteiger partial charge in [-0.05, 0) is 30.3 Å². The summed E-state index contributed by atoms with van der Waals surface area (Å²) in [4.78, 5) is 18.0. The molecular weight excluding hydrogens is 405 g/mol. The first kappa shape index (κ1) is 20.0. The van der Waals surface area contributed by atoms with E-state index in [-0.39, 0.29) is 19.1 Å². The normalized spacial score (nSPS) is 10.6. The molecule has 3 aromatic rings. The Balaban J connectivity index is 1.59. The highest BCUT2D eigenvalue weighted by Crippen LogP contribution is 2.27. The van der Waals surface area contributed by atoms with Crippen LogP contribution in [0.3, 0.4) is 0 Å². The maximum atomic E-state index is 12.3. The third kappa shape index (κ3) is 4.94. The number of rotatable bonds is 7. The van der Waals surface area contributed by atoms with Crippen LogP contribution in [0.25, 0.3) is 11.4 Å². The van der Waals surface area contributed by atoms with Gasteiger partial charge >= 0.3 is 0 Å². The van der Waals surface area contributed by atoms with Gasteiger partial charge in [0.15, 0.2) is 6.61 Å². The molecule has 1 amide bonds. The predicted molar refractivity (Wildman–Crippen MR) is 105 cm³/mol. The molecule has 0 radical (unpaired) electrons. The van der Waals surface area contributed by atoms with Crippen LogP contribution in [0, 0.1) is 0 Å². The van der Waals surface area contributed by atoms with Crippen LogP contribution in [0.1, 0.15) is 5.89 Å². The molecule has 0 fully saturated rings. The lowest BCUT2D eigenvalue weighted by Gasteiger charge is -2.15. The highest BCUT2D eigenvalue weighted by molar-refractivity contribution is 6.35. The fourth-order valence-electron chi connectivity index (χ4n) is 2.33. The first-order chi connectivity index (χ1) is 13.5. The van der Waals surface area contributed by atoms with Crippen LogP contribution >= 0.6 is 23.2 Å². The van der Waals surface area contributed by atoms with Gasteiger partial charge in [0.25, 0.3) is 5.91 Å². The number of halogens is 2. The van der Waals surface area contributed by atoms with Gasteiger partial charge in [0, 0.05) is 17.6 Å². The van der Waals surface area contributed by atoms with E-state index in [1.165, 1.54) is 4.90 Å². The first-order valence-electron chi connectivity index (χ1n) is 8.25. The molecule has 0 aliphatic heterocycles. The Morgan fingerprint density at radius 3 is 2.79 bits per heavy atom. The Hall–Kier alpha value is -2.77. The van der Waals surface area contributed by atoms with Crippen molar-refractivity contribution in [3.63, 3.8) is 0 Å². The Kier molecular flexibility index (Phi) is 6.38. The first-order valence-corrected chi connectivity index (χ1v) is 9.00. The molecule has 2 aromatic carbocycles. The summed E-state index contributed by atoms with van der Waals surface area (Å²) in [7, 11) is 3.20. The zero-order valence-electron chi connectivity index (χ0n) is 15.2. The van der Waals surface area contributed by atoms with E-state index in [4.69, 9.17) is 37.2 Å². The summed E-state index contributed by atoms with van der Waals surface area (Å²) in [5.41, 5.74) is 0.754. The molecule has 1 aromatic heterocycles. The Morgan fingerprint density at radius 1 is 1.21 bits per heavy atom. The van der Waals surface area contributed by atoms with E-state index in [0.717, 1.165) is 5.56 Å². The van der Waals surface area contributed by atoms with Crippen LogP contribution in [-0.2, 0) is 11.3 Å². The van der Waals surface area contributed by atoms with E-state index < -0.39 is 0 Å². The molecule has 7 nitrogen and oxygen atoms in total. The molecule has 1 heterocycles. The van der Waals surface area contributed by atoms with Crippen molar-refractivity contribution in [3.05, 3.63) is 58.4 Å². The smallest absolute Gasteiger partial charge is 0.260 e. The van der Waals surface area contributed by atoms with Crippen LogP contribution in [-0.4, -0.2) is 41.7 Å². The lowest BCUT2D eigenvalue weighted by Crippen LogP contribution is -2.31. The summed E-state index contributed by atoms with van der Waals surface area (Å²) in [6.45, 7) is -0.0394. The van der Waals surface area contributed by atoms with Crippen molar-refractivity contribution in [1.82, 2.24) is 15.0 Å². The Morgan fingerprint density at radius 2 is 2.04 bits per heavy atom. The summed E-state index contributed by atoms with van der Waals surface area (Å²) in [6, 6.07) is 12.1. The van der Waals surface area contributed by atoms with E-state index >= 15 is 0 Å². The summed E-state index contributed by atoms with van der Waals surface area (Å²) < 4.78 is 15.9. The number of carbonyl (C=O) groups excluding carboxylic acids is 1. The van der Waals surface area contributed by atoms with Gasteiger partial charge in [0.05, 0.1) is 18.7 Å². The van der Waals surface area contributed by atoms with Crippen molar-refractivity contribution in [2.24, 2.45) is 0 Å². The molecule has 0 spiro atoms. The molecule has 9 heteroatoms. The summed E-state index contributed by atoms with van der Waals surface area (Å²) in [5, 5.41) is 4.77. The summed E-state index contributed by atoms with van der Waals surface area (Å²) in [5.74, 6) is 1.52. The second kappa shape index (κ2) is 8.95. The van der Waals surface area contributed by atoms with Crippen LogP contribution in [0.4, 0.5) is 0 Å². The second-order valence-corrected chi connectivity index (χ2v) is 6.70. The van der Waals surface area contributed by atoms with Crippen molar-refractivity contribution in [2.45, 2.75) is 6.54 Å². The quantitative estimate of drug-likeness (QED) is 0.571. The predicted octanol–water partition coefficient (Wildman–Crippen LogP) is 4.09. The number of likely N-dealkylation sites (N-methyl/N-ethyl adjacent to an activating group) is 1. The average Bonchev–Trinajstić information content (AvgIpc) is 3.15. The largest absolute Gasteiger partial charge is 0.497 e. The number of nitrogens with zero attached hydrogens (tertiary/aromatic N) is 3. The number of carbonyl (C=O) groups is 1. The fourth-order valence-corrected chi connectivity index (χ4v) is 2.79. The van der Waals surface area contributed by atoms with E-state index in [1.807, 2.05) is 18.2 Å². The maximum Gasteiger partial charge on any atom is 0.260 e. The van der Waals surface area contributed by atoms with Gasteiger partial charge in [-0.2, -0.15) is 4.98 Å². The van der Waals surface area contributed by atoms with Crippen molar-refractivity contribution in [3.8, 4) is 22.9 Å². The highest BCUT2D eigenvalue weighted by Gasteiger charge is 2.16. The standard InChI is InChI=1S/C19H17Cl2N3O4/c1-24(18(25)11-27-16-7-6-13(20)9-15(16)21)10-17-22-19(23-28-17)12-4-3-5-14(8-12)26-2/h3-9H,10-11H2,1-2H3. The molecule has 3 rings (SSSR count). The van der Waals surface area contributed by atoms with E-state index in [2.05, 4.69) is 10.1 Å². The SMILES string of the molecule is COc1cccc(-c2noc(CN(C)C(=O)COc3ccc(Cl)cc3Cl)n2)c1. The van der Waals surface area contributed by atoms with Gasteiger partial charge < -0.3 is 18.9 Å². The van der Waals surface area contributed by atoms with Crippen LogP contribution < -0.4 is 9.47 Å². The third-order valence-electron chi connectivity index (χ3n) is 3.84. The number of methoxy groups -OCH3 is 1. The molecule has 0 aliphatic rings. The molecule has 0 saturated heterocycles. The highest BCUT2D eigenvalue weighted by atomic mass is 35.5. The van der Waals surface area contributed by atoms with Crippen LogP contribution in [0.2, 0.25) is 10.0 Å². The van der Waals surface area contributed by atoms with Gasteiger partial charge in [-0.15, -0.1) is 0 Å². The number of benzene rings is 2. The topological polar surface area (TPSA) is 77.7 Å². The molecule has 28 heavy (non-hydrogen) atoms. The molecule has 0 aliphatic carbocycles. The molecule has 0 saturated carbocycles. The molecule has 0 unspecified atom stereocenters. The fraction of sp³-hybridized carbons (Fsp3) is 0.211. The molecule has 146 valence electrons. The minimum absolute atomic E-state index is 0.146. The summed E-state index contributed by atoms with van der Waals surface area (Å²) in [6.07, 6.45) is 0. The summed E-state index contributed by atoms with van der Waals surface area (Å²) >= 11 is 11.9. The number of aromatic nitrogens is 2. The van der Waals surface area contributed by atoms with Crippen molar-refractivity contribution >= 4 is 29.1 Å². The van der Waals surface area contributed by atoms with Crippen molar-refractivity contribution in [1.29, 1.82) is 0 Å². The zero-order chi connectivity index (χ0) is 20.1. The number of ether oxygens (including phenoxy) is 2. The van der Waals surface area contributed by atoms with Gasteiger partial charge in [-0.1, -0.05) is 40.5 Å². The van der Waals surface area contributed by atoms with E-state index in [9.17, 15) is 4.79 Å². The van der Waals surface area contributed by atoms with Gasteiger partial charge in [0.2, 0.25) is 11.7 Å². The minimum atomic E-state index is -0.271. The van der Waals surface area contributed by atoms with E-state index in [1.54, 1.807) is 38.4 Å². The van der Waals surface area contributed by atoms with Gasteiger partial charge in [-0.25, -0.2) is 0 Å². The minimum Gasteiger partial charge on any atom is -0.497 e. The second-order valence-electron chi connectivity index (χ2n) is 5.86. The molecule has 0 N–H and O–H groups in total. The molecular formula is C19H17Cl2N3O4. The number of amides is 1. The molecule has 0 atom stereocenters. The maximum absolute atomic E-state index is 12.3. The lowest BCUT2D eigenvalue weighted by atomic mass is 10.2. The average molecular weight is 422 g/mol. The Bertz CT molecular complexity index is 977. The molecule has 0 bridgehead atoms. The van der Waals surface area contributed by atoms with Crippen molar-refractivity contribution < 1.29 is 18.8 Å². The van der Waals surface area contributed by atoms with Gasteiger partial charge in [0.1, 0.15) is 11.5 Å². The lowest BCUT2D eigenvalue weighted by molar-refractivity contribution is -0.132. The monoisotopic (exact) mass is 421 g/mol. The van der Waals surface area contributed by atoms with Gasteiger partial charge in [-0.3, -0.25) is 4.79 Å². The zero-order valence-corrected chi connectivity index (χ0v) is 16.7. The number of hydrogen-bond donors (Lipinski definition) is 0. The third-order valence-corrected chi connectivity index (χ3v) is 4.37. The van der Waals surface area contributed by atoms with Crippen molar-refractivity contribution in [2.75, 3.05) is 20.8 Å². The van der Waals surface area contributed by atoms with Crippen LogP contribution in [0.15, 0.2) is 47.0 Å².